The lowest BCUT2D eigenvalue weighted by atomic mass is 9.78. The van der Waals surface area contributed by atoms with Crippen LogP contribution in [-0.4, -0.2) is 77.3 Å². The third-order valence-corrected chi connectivity index (χ3v) is 7.36. The van der Waals surface area contributed by atoms with Crippen molar-refractivity contribution in [1.29, 1.82) is 0 Å². The fourth-order valence-electron chi connectivity index (χ4n) is 5.87. The van der Waals surface area contributed by atoms with E-state index in [4.69, 9.17) is 37.9 Å². The molecule has 0 heterocycles. The maximum atomic E-state index is 7.37. The van der Waals surface area contributed by atoms with E-state index in [0.29, 0.717) is 43.7 Å². The molecule has 3 aromatic rings. The molecule has 260 valence electrons. The van der Waals surface area contributed by atoms with Crippen LogP contribution in [0.2, 0.25) is 0 Å². The van der Waals surface area contributed by atoms with E-state index in [1.165, 1.54) is 0 Å². The maximum Gasteiger partial charge on any atom is 0.204 e. The number of benzene rings is 3. The number of hydrogen-bond donors (Lipinski definition) is 0. The van der Waals surface area contributed by atoms with Crippen molar-refractivity contribution in [3.8, 4) is 17.2 Å². The van der Waals surface area contributed by atoms with Gasteiger partial charge < -0.3 is 37.9 Å². The Morgan fingerprint density at radius 3 is 1.23 bits per heavy atom. The molecule has 0 unspecified atom stereocenters. The molecular weight excluding hydrogens is 596 g/mol. The van der Waals surface area contributed by atoms with Gasteiger partial charge in [-0.2, -0.15) is 0 Å². The van der Waals surface area contributed by atoms with Crippen LogP contribution in [0, 0.1) is 0 Å². The highest BCUT2D eigenvalue weighted by Crippen LogP contribution is 2.53. The van der Waals surface area contributed by atoms with E-state index in [0.717, 1.165) is 16.7 Å². The Hall–Kier alpha value is -3.14. The van der Waals surface area contributed by atoms with Crippen molar-refractivity contribution in [3.05, 3.63) is 89.5 Å². The lowest BCUT2D eigenvalue weighted by molar-refractivity contribution is -0.132. The predicted octanol–water partition coefficient (Wildman–Crippen LogP) is 7.83. The van der Waals surface area contributed by atoms with Crippen molar-refractivity contribution >= 4 is 0 Å². The van der Waals surface area contributed by atoms with Crippen LogP contribution < -0.4 is 14.2 Å². The van der Waals surface area contributed by atoms with E-state index in [9.17, 15) is 0 Å². The maximum absolute atomic E-state index is 7.37. The number of hydrogen-bond acceptors (Lipinski definition) is 8. The van der Waals surface area contributed by atoms with Crippen LogP contribution >= 0.6 is 0 Å². The van der Waals surface area contributed by atoms with E-state index >= 15 is 0 Å². The average Bonchev–Trinajstić information content (AvgIpc) is 2.98. The normalized spacial score (nSPS) is 13.0. The summed E-state index contributed by atoms with van der Waals surface area (Å²) in [6, 6.07) is 24.3. The molecule has 0 N–H and O–H groups in total. The highest BCUT2D eigenvalue weighted by Gasteiger charge is 2.47. The van der Waals surface area contributed by atoms with Gasteiger partial charge in [0.25, 0.3) is 0 Å². The molecule has 8 heteroatoms. The molecule has 0 aliphatic rings. The fourth-order valence-corrected chi connectivity index (χ4v) is 5.87. The standard InChI is InChI=1S/C39H56O8/c1-35(2,25-40-9)44-32-24-23-31(33(45-36(3,4)26-41-10)34(32)46-37(5,6)27-42-11)39(29-19-15-13-16-20-29,30-21-17-14-18-22-30)47-38(7,8)28-43-12/h13-24H,25-28H2,1-12H3. The highest BCUT2D eigenvalue weighted by atomic mass is 16.6. The summed E-state index contributed by atoms with van der Waals surface area (Å²) < 4.78 is 50.4. The minimum Gasteiger partial charge on any atom is -0.481 e. The number of methoxy groups -OCH3 is 4. The van der Waals surface area contributed by atoms with E-state index in [1.54, 1.807) is 28.4 Å². The summed E-state index contributed by atoms with van der Waals surface area (Å²) in [4.78, 5) is 0. The second-order valence-corrected chi connectivity index (χ2v) is 14.4. The first-order valence-corrected chi connectivity index (χ1v) is 16.1. The van der Waals surface area contributed by atoms with Gasteiger partial charge in [0, 0.05) is 34.0 Å². The van der Waals surface area contributed by atoms with E-state index in [-0.39, 0.29) is 0 Å². The lowest BCUT2D eigenvalue weighted by Crippen LogP contribution is -2.45. The third kappa shape index (κ3) is 9.94. The van der Waals surface area contributed by atoms with Crippen LogP contribution in [0.1, 0.15) is 72.1 Å². The minimum absolute atomic E-state index is 0.313. The zero-order chi connectivity index (χ0) is 34.9. The molecule has 0 saturated heterocycles. The number of rotatable bonds is 19. The summed E-state index contributed by atoms with van der Waals surface area (Å²) in [5, 5.41) is 0. The second-order valence-electron chi connectivity index (χ2n) is 14.4. The molecule has 0 atom stereocenters. The van der Waals surface area contributed by atoms with Crippen molar-refractivity contribution in [2.75, 3.05) is 54.9 Å². The highest BCUT2D eigenvalue weighted by molar-refractivity contribution is 5.63. The first kappa shape index (κ1) is 38.3. The third-order valence-electron chi connectivity index (χ3n) is 7.36. The van der Waals surface area contributed by atoms with Gasteiger partial charge in [-0.1, -0.05) is 60.7 Å². The van der Waals surface area contributed by atoms with Gasteiger partial charge in [0.1, 0.15) is 22.4 Å². The van der Waals surface area contributed by atoms with E-state index in [2.05, 4.69) is 24.3 Å². The molecule has 0 amide bonds. The van der Waals surface area contributed by atoms with Gasteiger partial charge >= 0.3 is 0 Å². The Morgan fingerprint density at radius 1 is 0.426 bits per heavy atom. The van der Waals surface area contributed by atoms with E-state index in [1.807, 2.05) is 104 Å². The molecule has 0 aromatic heterocycles. The first-order valence-electron chi connectivity index (χ1n) is 16.1. The number of ether oxygens (including phenoxy) is 8. The van der Waals surface area contributed by atoms with Crippen molar-refractivity contribution in [1.82, 2.24) is 0 Å². The lowest BCUT2D eigenvalue weighted by Gasteiger charge is -2.44. The van der Waals surface area contributed by atoms with Gasteiger partial charge in [-0.3, -0.25) is 0 Å². The molecule has 0 aliphatic carbocycles. The summed E-state index contributed by atoms with van der Waals surface area (Å²) in [6.45, 7) is 17.2. The molecule has 0 saturated carbocycles. The Morgan fingerprint density at radius 2 is 0.809 bits per heavy atom. The molecule has 0 spiro atoms. The monoisotopic (exact) mass is 652 g/mol. The minimum atomic E-state index is -1.19. The van der Waals surface area contributed by atoms with E-state index < -0.39 is 28.0 Å². The first-order chi connectivity index (χ1) is 22.1. The largest absolute Gasteiger partial charge is 0.481 e. The average molecular weight is 653 g/mol. The quantitative estimate of drug-likeness (QED) is 0.121. The van der Waals surface area contributed by atoms with Crippen LogP contribution in [0.15, 0.2) is 72.8 Å². The molecule has 3 aromatic carbocycles. The summed E-state index contributed by atoms with van der Waals surface area (Å²) >= 11 is 0. The summed E-state index contributed by atoms with van der Waals surface area (Å²) in [7, 11) is 6.65. The Kier molecular flexibility index (Phi) is 12.9. The van der Waals surface area contributed by atoms with Gasteiger partial charge in [-0.05, 0) is 78.6 Å². The summed E-state index contributed by atoms with van der Waals surface area (Å²) in [6.07, 6.45) is 0. The molecule has 0 fully saturated rings. The molecule has 0 radical (unpaired) electrons. The van der Waals surface area contributed by atoms with Crippen molar-refractivity contribution in [3.63, 3.8) is 0 Å². The fraction of sp³-hybridized carbons (Fsp3) is 0.538. The van der Waals surface area contributed by atoms with Crippen molar-refractivity contribution in [2.24, 2.45) is 0 Å². The van der Waals surface area contributed by atoms with Gasteiger partial charge in [-0.15, -0.1) is 0 Å². The zero-order valence-electron chi connectivity index (χ0n) is 30.5. The van der Waals surface area contributed by atoms with Gasteiger partial charge in [0.2, 0.25) is 5.75 Å². The van der Waals surface area contributed by atoms with Crippen LogP contribution in [0.5, 0.6) is 17.2 Å². The zero-order valence-corrected chi connectivity index (χ0v) is 30.5. The Balaban J connectivity index is 2.58. The van der Waals surface area contributed by atoms with Crippen LogP contribution in [-0.2, 0) is 29.3 Å². The predicted molar refractivity (Wildman–Crippen MR) is 186 cm³/mol. The second kappa shape index (κ2) is 15.8. The molecule has 47 heavy (non-hydrogen) atoms. The summed E-state index contributed by atoms with van der Waals surface area (Å²) in [5.74, 6) is 1.37. The van der Waals surface area contributed by atoms with Crippen LogP contribution in [0.4, 0.5) is 0 Å². The smallest absolute Gasteiger partial charge is 0.204 e. The molecule has 0 bridgehead atoms. The van der Waals surface area contributed by atoms with Crippen LogP contribution in [0.3, 0.4) is 0 Å². The molecule has 0 aliphatic heterocycles. The Labute approximate surface area is 282 Å². The SMILES string of the molecule is COCC(C)(C)Oc1ccc(C(OC(C)(C)COC)(c2ccccc2)c2ccccc2)c(OC(C)(C)COC)c1OC(C)(C)COC. The van der Waals surface area contributed by atoms with Crippen molar-refractivity contribution < 1.29 is 37.9 Å². The van der Waals surface area contributed by atoms with Crippen molar-refractivity contribution in [2.45, 2.75) is 83.4 Å². The van der Waals surface area contributed by atoms with Gasteiger partial charge in [0.15, 0.2) is 11.5 Å². The molecule has 3 rings (SSSR count). The summed E-state index contributed by atoms with van der Waals surface area (Å²) in [5.41, 5.74) is -1.64. The topological polar surface area (TPSA) is 73.8 Å². The van der Waals surface area contributed by atoms with Gasteiger partial charge in [0.05, 0.1) is 32.0 Å². The molecular formula is C39H56O8. The van der Waals surface area contributed by atoms with Crippen LogP contribution in [0.25, 0.3) is 0 Å². The van der Waals surface area contributed by atoms with Gasteiger partial charge in [-0.25, -0.2) is 0 Å². The molecule has 8 nitrogen and oxygen atoms in total. The Bertz CT molecular complexity index is 1340.